The van der Waals surface area contributed by atoms with Crippen molar-refractivity contribution >= 4 is 33.5 Å². The van der Waals surface area contributed by atoms with Gasteiger partial charge in [-0.2, -0.15) is 4.31 Å². The van der Waals surface area contributed by atoms with Crippen LogP contribution in [0.25, 0.3) is 0 Å². The third-order valence-corrected chi connectivity index (χ3v) is 8.51. The van der Waals surface area contributed by atoms with Gasteiger partial charge >= 0.3 is 5.97 Å². The number of hydrogen-bond donors (Lipinski definition) is 0. The monoisotopic (exact) mass is 503 g/mol. The van der Waals surface area contributed by atoms with E-state index in [0.29, 0.717) is 19.4 Å². The van der Waals surface area contributed by atoms with E-state index in [4.69, 9.17) is 16.3 Å². The van der Waals surface area contributed by atoms with Gasteiger partial charge in [-0.15, -0.1) is 6.58 Å². The zero-order valence-electron chi connectivity index (χ0n) is 18.8. The predicted octanol–water partition coefficient (Wildman–Crippen LogP) is 3.28. The average molecular weight is 504 g/mol. The second-order valence-electron chi connectivity index (χ2n) is 8.46. The molecule has 1 aromatic carbocycles. The summed E-state index contributed by atoms with van der Waals surface area (Å²) >= 11 is 6.16. The van der Waals surface area contributed by atoms with Crippen molar-refractivity contribution in [3.63, 3.8) is 0 Å². The maximum atomic E-state index is 13.9. The van der Waals surface area contributed by atoms with Crippen LogP contribution in [0.4, 0.5) is 0 Å². The fourth-order valence-electron chi connectivity index (χ4n) is 4.79. The first kappa shape index (κ1) is 24.4. The summed E-state index contributed by atoms with van der Waals surface area (Å²) in [7, 11) is -2.96. The summed E-state index contributed by atoms with van der Waals surface area (Å²) in [5.74, 6) is -1.23. The summed E-state index contributed by atoms with van der Waals surface area (Å²) in [5, 5.41) is 0.0878. The Morgan fingerprint density at radius 3 is 2.76 bits per heavy atom. The third-order valence-electron chi connectivity index (χ3n) is 6.38. The molecule has 180 valence electrons. The summed E-state index contributed by atoms with van der Waals surface area (Å²) < 4.78 is 33.9. The predicted molar refractivity (Wildman–Crippen MR) is 127 cm³/mol. The fourth-order valence-corrected chi connectivity index (χ4v) is 7.04. The van der Waals surface area contributed by atoms with E-state index in [2.05, 4.69) is 11.6 Å². The van der Waals surface area contributed by atoms with E-state index in [1.165, 1.54) is 29.6 Å². The Morgan fingerprint density at radius 1 is 1.29 bits per heavy atom. The number of nitrogens with zero attached hydrogens (tertiary/aromatic N) is 3. The number of pyridine rings is 1. The van der Waals surface area contributed by atoms with E-state index < -0.39 is 28.1 Å². The Morgan fingerprint density at radius 2 is 2.09 bits per heavy atom. The number of ether oxygens (including phenoxy) is 1. The standard InChI is InChI=1S/C24H26ClN3O5S/c1-3-16-14-27(15-19-7-4-5-10-26-19)23(29)22-9-6-8-21(16)28(22)34(31,32)20-12-17(24(30)33-2)11-18(25)13-20/h3-5,7,10-13,16,21-22H,1,6,8-9,14-15H2,2H3/t16-,21-,22+/m1/s1. The molecule has 2 aromatic rings. The number of methoxy groups -OCH3 is 1. The molecule has 2 bridgehead atoms. The Balaban J connectivity index is 1.77. The number of hydrogen-bond acceptors (Lipinski definition) is 6. The molecule has 2 aliphatic rings. The minimum atomic E-state index is -4.17. The van der Waals surface area contributed by atoms with Crippen molar-refractivity contribution in [2.45, 2.75) is 42.8 Å². The van der Waals surface area contributed by atoms with Gasteiger partial charge < -0.3 is 9.64 Å². The van der Waals surface area contributed by atoms with Crippen LogP contribution in [-0.4, -0.2) is 60.2 Å². The molecule has 3 heterocycles. The third kappa shape index (κ3) is 4.60. The number of carbonyl (C=O) groups excluding carboxylic acids is 2. The summed E-state index contributed by atoms with van der Waals surface area (Å²) in [5.41, 5.74) is 0.749. The van der Waals surface area contributed by atoms with Gasteiger partial charge in [0.1, 0.15) is 6.04 Å². The van der Waals surface area contributed by atoms with Crippen molar-refractivity contribution in [3.05, 3.63) is 71.5 Å². The lowest BCUT2D eigenvalue weighted by Gasteiger charge is -2.40. The molecule has 0 unspecified atom stereocenters. The Labute approximate surface area is 204 Å². The topological polar surface area (TPSA) is 96.9 Å². The Bertz CT molecular complexity index is 1200. The number of rotatable bonds is 6. The second-order valence-corrected chi connectivity index (χ2v) is 10.7. The molecule has 4 rings (SSSR count). The van der Waals surface area contributed by atoms with Crippen LogP contribution >= 0.6 is 11.6 Å². The first-order valence-electron chi connectivity index (χ1n) is 11.0. The van der Waals surface area contributed by atoms with E-state index >= 15 is 0 Å². The van der Waals surface area contributed by atoms with Crippen LogP contribution in [0.3, 0.4) is 0 Å². The molecular formula is C24H26ClN3O5S. The van der Waals surface area contributed by atoms with E-state index in [0.717, 1.165) is 12.1 Å². The maximum Gasteiger partial charge on any atom is 0.337 e. The Kier molecular flexibility index (Phi) is 7.06. The average Bonchev–Trinajstić information content (AvgIpc) is 2.91. The van der Waals surface area contributed by atoms with Crippen molar-refractivity contribution in [2.75, 3.05) is 13.7 Å². The van der Waals surface area contributed by atoms with Gasteiger partial charge in [0.15, 0.2) is 0 Å². The highest BCUT2D eigenvalue weighted by Crippen LogP contribution is 2.38. The van der Waals surface area contributed by atoms with Gasteiger partial charge in [0.05, 0.1) is 29.8 Å². The summed E-state index contributed by atoms with van der Waals surface area (Å²) in [4.78, 5) is 31.6. The molecule has 0 radical (unpaired) electrons. The number of piperidine rings is 1. The number of esters is 1. The molecule has 3 atom stereocenters. The minimum absolute atomic E-state index is 0.0249. The summed E-state index contributed by atoms with van der Waals surface area (Å²) in [6.45, 7) is 4.56. The molecule has 0 aliphatic carbocycles. The number of amides is 1. The highest BCUT2D eigenvalue weighted by atomic mass is 35.5. The van der Waals surface area contributed by atoms with Crippen LogP contribution in [0, 0.1) is 5.92 Å². The Hall–Kier alpha value is -2.75. The van der Waals surface area contributed by atoms with Crippen molar-refractivity contribution in [1.29, 1.82) is 0 Å². The number of aromatic nitrogens is 1. The van der Waals surface area contributed by atoms with E-state index in [9.17, 15) is 18.0 Å². The number of halogens is 1. The van der Waals surface area contributed by atoms with Crippen molar-refractivity contribution in [3.8, 4) is 0 Å². The quantitative estimate of drug-likeness (QED) is 0.443. The van der Waals surface area contributed by atoms with Crippen LogP contribution < -0.4 is 0 Å². The zero-order valence-corrected chi connectivity index (χ0v) is 20.3. The smallest absolute Gasteiger partial charge is 0.337 e. The maximum absolute atomic E-state index is 13.9. The van der Waals surface area contributed by atoms with Crippen LogP contribution in [0.2, 0.25) is 5.02 Å². The van der Waals surface area contributed by atoms with Crippen LogP contribution in [-0.2, 0) is 26.1 Å². The van der Waals surface area contributed by atoms with Gasteiger partial charge in [-0.1, -0.05) is 23.7 Å². The minimum Gasteiger partial charge on any atom is -0.465 e. The molecule has 0 saturated carbocycles. The van der Waals surface area contributed by atoms with Crippen LogP contribution in [0.15, 0.2) is 60.1 Å². The summed E-state index contributed by atoms with van der Waals surface area (Å²) in [6.07, 6.45) is 5.11. The first-order chi connectivity index (χ1) is 16.3. The zero-order chi connectivity index (χ0) is 24.5. The molecule has 8 nitrogen and oxygen atoms in total. The van der Waals surface area contributed by atoms with Crippen LogP contribution in [0.5, 0.6) is 0 Å². The van der Waals surface area contributed by atoms with Gasteiger partial charge in [0.2, 0.25) is 15.9 Å². The van der Waals surface area contributed by atoms with Crippen molar-refractivity contribution < 1.29 is 22.7 Å². The highest BCUT2D eigenvalue weighted by molar-refractivity contribution is 7.89. The van der Waals surface area contributed by atoms with Crippen molar-refractivity contribution in [2.24, 2.45) is 5.92 Å². The van der Waals surface area contributed by atoms with Gasteiger partial charge in [-0.05, 0) is 49.6 Å². The molecule has 34 heavy (non-hydrogen) atoms. The van der Waals surface area contributed by atoms with Crippen molar-refractivity contribution in [1.82, 2.24) is 14.2 Å². The van der Waals surface area contributed by atoms with E-state index in [1.807, 2.05) is 12.1 Å². The second kappa shape index (κ2) is 9.85. The largest absolute Gasteiger partial charge is 0.465 e. The number of benzene rings is 1. The van der Waals surface area contributed by atoms with Gasteiger partial charge in [-0.3, -0.25) is 9.78 Å². The fraction of sp³-hybridized carbons (Fsp3) is 0.375. The van der Waals surface area contributed by atoms with Gasteiger partial charge in [0.25, 0.3) is 0 Å². The van der Waals surface area contributed by atoms with Crippen LogP contribution in [0.1, 0.15) is 35.3 Å². The lowest BCUT2D eigenvalue weighted by molar-refractivity contribution is -0.135. The normalized spacial score (nSPS) is 23.3. The number of sulfonamides is 1. The molecule has 2 fully saturated rings. The number of fused-ring (bicyclic) bond motifs is 2. The molecule has 2 saturated heterocycles. The van der Waals surface area contributed by atoms with E-state index in [1.54, 1.807) is 23.2 Å². The molecular weight excluding hydrogens is 478 g/mol. The first-order valence-corrected chi connectivity index (χ1v) is 12.8. The molecule has 10 heteroatoms. The highest BCUT2D eigenvalue weighted by Gasteiger charge is 2.49. The molecule has 1 aromatic heterocycles. The lowest BCUT2D eigenvalue weighted by Crippen LogP contribution is -2.54. The SMILES string of the molecule is C=C[C@@H]1CN(Cc2ccccn2)C(=O)[C@@H]2CCC[C@H]1N2S(=O)(=O)c1cc(Cl)cc(C(=O)OC)c1. The molecule has 2 aliphatic heterocycles. The summed E-state index contributed by atoms with van der Waals surface area (Å²) in [6, 6.07) is 8.06. The molecule has 0 N–H and O–H groups in total. The number of carbonyl (C=O) groups is 2. The lowest BCUT2D eigenvalue weighted by atomic mass is 9.90. The molecule has 1 amide bonds. The molecule has 0 spiro atoms. The van der Waals surface area contributed by atoms with E-state index in [-0.39, 0.29) is 33.9 Å². The van der Waals surface area contributed by atoms with Gasteiger partial charge in [0, 0.05) is 29.7 Å². The van der Waals surface area contributed by atoms with Gasteiger partial charge in [-0.25, -0.2) is 13.2 Å².